The van der Waals surface area contributed by atoms with Crippen LogP contribution in [-0.4, -0.2) is 44.2 Å². The topological polar surface area (TPSA) is 102 Å². The van der Waals surface area contributed by atoms with E-state index in [2.05, 4.69) is 20.4 Å². The third kappa shape index (κ3) is 7.25. The molecule has 1 fully saturated rings. The molecule has 0 bridgehead atoms. The fourth-order valence-electron chi connectivity index (χ4n) is 4.18. The molecular weight excluding hydrogens is 646 g/mol. The summed E-state index contributed by atoms with van der Waals surface area (Å²) in [5.74, 6) is -0.726. The van der Waals surface area contributed by atoms with Crippen LogP contribution in [-0.2, 0) is 4.79 Å². The average Bonchev–Trinajstić information content (AvgIpc) is 3.59. The van der Waals surface area contributed by atoms with Gasteiger partial charge in [0.2, 0.25) is 5.91 Å². The van der Waals surface area contributed by atoms with E-state index in [-0.39, 0.29) is 51.7 Å². The summed E-state index contributed by atoms with van der Waals surface area (Å²) in [5, 5.41) is 6.50. The number of benzene rings is 3. The molecule has 1 saturated heterocycles. The Morgan fingerprint density at radius 1 is 1.07 bits per heavy atom. The van der Waals surface area contributed by atoms with Gasteiger partial charge in [0.1, 0.15) is 22.8 Å². The van der Waals surface area contributed by atoms with Crippen LogP contribution in [0.15, 0.2) is 76.9 Å². The highest BCUT2D eigenvalue weighted by molar-refractivity contribution is 8.45. The van der Waals surface area contributed by atoms with Crippen molar-refractivity contribution in [1.82, 2.24) is 14.8 Å². The molecule has 3 aromatic carbocycles. The number of aliphatic imine (C=N–C) groups is 1. The number of nitrogens with one attached hydrogen (secondary N) is 1. The average molecular weight is 671 g/mol. The van der Waals surface area contributed by atoms with E-state index in [1.165, 1.54) is 17.0 Å². The van der Waals surface area contributed by atoms with Gasteiger partial charge in [0.15, 0.2) is 11.0 Å². The van der Waals surface area contributed by atoms with Gasteiger partial charge >= 0.3 is 16.3 Å². The number of halogens is 6. The standard InChI is InChI=1S/C28H24F6N6O3S2/c1-3-12-43-24-11-4-17(2)13-23(24)40-25(41)15-44-28(40)37-27(42)36-22-10-5-18(14-21(22)29)26-35-16-39(38-26)19-6-8-20(9-7-19)45(30,31,32,33)34/h4-11,13-14,16H,3,12,15H2,1-2H3,(H,36,42). The molecule has 0 spiro atoms. The molecule has 3 amide bonds. The van der Waals surface area contributed by atoms with Gasteiger partial charge in [-0.05, 0) is 73.5 Å². The minimum absolute atomic E-state index is 0.00911. The first-order valence-electron chi connectivity index (χ1n) is 13.2. The van der Waals surface area contributed by atoms with Crippen LogP contribution in [0.3, 0.4) is 0 Å². The first-order chi connectivity index (χ1) is 21.0. The molecule has 1 aliphatic rings. The zero-order chi connectivity index (χ0) is 32.6. The number of aromatic nitrogens is 3. The van der Waals surface area contributed by atoms with Gasteiger partial charge in [0, 0.05) is 5.56 Å². The normalized spacial score (nSPS) is 16.0. The molecule has 0 unspecified atom stereocenters. The second kappa shape index (κ2) is 11.1. The second-order valence-electron chi connectivity index (χ2n) is 9.83. The molecule has 238 valence electrons. The molecule has 1 N–H and O–H groups in total. The van der Waals surface area contributed by atoms with E-state index in [1.54, 1.807) is 12.1 Å². The Labute approximate surface area is 257 Å². The number of aryl methyl sites for hydroxylation is 1. The van der Waals surface area contributed by atoms with Gasteiger partial charge in [0.05, 0.1) is 29.4 Å². The largest absolute Gasteiger partial charge is 0.491 e. The zero-order valence-electron chi connectivity index (χ0n) is 23.5. The van der Waals surface area contributed by atoms with Gasteiger partial charge < -0.3 is 10.1 Å². The smallest absolute Gasteiger partial charge is 0.347 e. The SMILES string of the molecule is CCCOc1ccc(C)cc1N1C(=O)CSC1=NC(=O)Nc1ccc(-c2ncn(-c3ccc(S(F)(F)(F)(F)F)cc3)n2)cc1F. The second-order valence-corrected chi connectivity index (χ2v) is 13.2. The van der Waals surface area contributed by atoms with Crippen molar-refractivity contribution in [1.29, 1.82) is 0 Å². The van der Waals surface area contributed by atoms with E-state index in [9.17, 15) is 29.0 Å². The van der Waals surface area contributed by atoms with Crippen LogP contribution in [0.2, 0.25) is 0 Å². The first kappa shape index (κ1) is 31.9. The Balaban J connectivity index is 1.32. The maximum atomic E-state index is 15.0. The molecule has 17 heteroatoms. The van der Waals surface area contributed by atoms with Crippen LogP contribution in [0.25, 0.3) is 17.1 Å². The van der Waals surface area contributed by atoms with Crippen molar-refractivity contribution < 1.29 is 38.1 Å². The number of ether oxygens (including phenoxy) is 1. The van der Waals surface area contributed by atoms with Crippen molar-refractivity contribution >= 4 is 50.5 Å². The number of nitrogens with zero attached hydrogens (tertiary/aromatic N) is 5. The number of thioether (sulfide) groups is 1. The lowest BCUT2D eigenvalue weighted by molar-refractivity contribution is -0.115. The summed E-state index contributed by atoms with van der Waals surface area (Å²) >= 11 is 1.04. The Kier molecular flexibility index (Phi) is 7.89. The number of urea groups is 1. The Morgan fingerprint density at radius 3 is 2.47 bits per heavy atom. The molecular formula is C28H24F6N6O3S2. The van der Waals surface area contributed by atoms with Crippen molar-refractivity contribution in [2.45, 2.75) is 25.2 Å². The van der Waals surface area contributed by atoms with E-state index in [0.29, 0.717) is 18.0 Å². The van der Waals surface area contributed by atoms with Gasteiger partial charge in [-0.15, -0.1) is 5.10 Å². The summed E-state index contributed by atoms with van der Waals surface area (Å²) in [5.41, 5.74) is 1.22. The molecule has 1 aromatic heterocycles. The lowest BCUT2D eigenvalue weighted by atomic mass is 10.2. The minimum atomic E-state index is -9.83. The van der Waals surface area contributed by atoms with Crippen molar-refractivity contribution in [2.75, 3.05) is 22.6 Å². The maximum Gasteiger partial charge on any atom is 0.347 e. The fraction of sp³-hybridized carbons (Fsp3) is 0.179. The van der Waals surface area contributed by atoms with Gasteiger partial charge in [0.25, 0.3) is 0 Å². The predicted octanol–water partition coefficient (Wildman–Crippen LogP) is 8.50. The lowest BCUT2D eigenvalue weighted by Gasteiger charge is -2.40. The molecule has 5 rings (SSSR count). The number of hydrogen-bond donors (Lipinski definition) is 1. The van der Waals surface area contributed by atoms with Gasteiger partial charge in [-0.1, -0.05) is 44.2 Å². The highest BCUT2D eigenvalue weighted by Crippen LogP contribution is 3.02. The van der Waals surface area contributed by atoms with Crippen LogP contribution in [0, 0.1) is 12.7 Å². The maximum absolute atomic E-state index is 15.0. The summed E-state index contributed by atoms with van der Waals surface area (Å²) < 4.78 is 86.8. The zero-order valence-corrected chi connectivity index (χ0v) is 25.2. The molecule has 4 aromatic rings. The van der Waals surface area contributed by atoms with E-state index in [0.717, 1.165) is 53.0 Å². The summed E-state index contributed by atoms with van der Waals surface area (Å²) in [4.78, 5) is 32.8. The van der Waals surface area contributed by atoms with Crippen molar-refractivity contribution in [3.8, 4) is 22.8 Å². The fourth-order valence-corrected chi connectivity index (χ4v) is 5.69. The number of amides is 3. The van der Waals surface area contributed by atoms with Gasteiger partial charge in [-0.25, -0.2) is 18.9 Å². The van der Waals surface area contributed by atoms with Crippen molar-refractivity contribution in [3.63, 3.8) is 0 Å². The van der Waals surface area contributed by atoms with E-state index in [1.807, 2.05) is 19.9 Å². The number of rotatable bonds is 8. The summed E-state index contributed by atoms with van der Waals surface area (Å²) in [6, 6.07) is 10.1. The molecule has 45 heavy (non-hydrogen) atoms. The number of anilines is 2. The highest BCUT2D eigenvalue weighted by atomic mass is 32.5. The summed E-state index contributed by atoms with van der Waals surface area (Å²) in [7, 11) is -9.83. The Hall–Kier alpha value is -4.51. The molecule has 2 heterocycles. The molecule has 0 atom stereocenters. The van der Waals surface area contributed by atoms with E-state index in [4.69, 9.17) is 4.74 Å². The summed E-state index contributed by atoms with van der Waals surface area (Å²) in [6.07, 6.45) is 1.86. The third-order valence-electron chi connectivity index (χ3n) is 6.29. The quantitative estimate of drug-likeness (QED) is 0.189. The van der Waals surface area contributed by atoms with Crippen molar-refractivity contribution in [3.05, 3.63) is 78.4 Å². The van der Waals surface area contributed by atoms with Crippen LogP contribution in [0.5, 0.6) is 5.75 Å². The Morgan fingerprint density at radius 2 is 1.80 bits per heavy atom. The van der Waals surface area contributed by atoms with E-state index >= 15 is 4.39 Å². The molecule has 0 saturated carbocycles. The molecule has 0 aliphatic carbocycles. The van der Waals surface area contributed by atoms with Gasteiger partial charge in [-0.3, -0.25) is 9.69 Å². The Bertz CT molecular complexity index is 1830. The monoisotopic (exact) mass is 670 g/mol. The predicted molar refractivity (Wildman–Crippen MR) is 162 cm³/mol. The molecule has 1 aliphatic heterocycles. The third-order valence-corrected chi connectivity index (χ3v) is 8.37. The number of carbonyl (C=O) groups is 2. The lowest BCUT2D eigenvalue weighted by Crippen LogP contribution is -2.31. The van der Waals surface area contributed by atoms with Crippen molar-refractivity contribution in [2.24, 2.45) is 4.99 Å². The molecule has 0 radical (unpaired) electrons. The first-order valence-corrected chi connectivity index (χ1v) is 16.1. The minimum Gasteiger partial charge on any atom is -0.491 e. The van der Waals surface area contributed by atoms with E-state index < -0.39 is 27.0 Å². The highest BCUT2D eigenvalue weighted by Gasteiger charge is 2.65. The number of hydrogen-bond acceptors (Lipinski definition) is 6. The number of carbonyl (C=O) groups excluding carboxylic acids is 2. The number of amidine groups is 1. The van der Waals surface area contributed by atoms with Crippen LogP contribution in [0.1, 0.15) is 18.9 Å². The van der Waals surface area contributed by atoms with Crippen LogP contribution >= 0.6 is 22.0 Å². The summed E-state index contributed by atoms with van der Waals surface area (Å²) in [6.45, 7) is 4.20. The van der Waals surface area contributed by atoms with Crippen LogP contribution in [0.4, 0.5) is 40.0 Å². The van der Waals surface area contributed by atoms with Crippen LogP contribution < -0.4 is 15.0 Å². The van der Waals surface area contributed by atoms with Gasteiger partial charge in [-0.2, -0.15) is 4.99 Å². The molecule has 9 nitrogen and oxygen atoms in total.